The van der Waals surface area contributed by atoms with Gasteiger partial charge in [0, 0.05) is 105 Å². The highest BCUT2D eigenvalue weighted by Crippen LogP contribution is 2.26. The van der Waals surface area contributed by atoms with Crippen LogP contribution in [0.2, 0.25) is 0 Å². The number of guanidine groups is 2. The number of benzene rings is 1. The second-order valence-corrected chi connectivity index (χ2v) is 34.8. The SMILES string of the molecule is CC(=O)N[C@@H](CC(N)=O)C(=O)NC(Cc1c[nH]c2ccccc12)C(=O)NC1CSSCC(C(=O)N[C@@H](CCCCN)C(=O)N[C@H](C(=O)N[C@@H](Cc2cnc[nH]2)C(=O)N2CCC[C@H]2C(=O)N[C@@H](Cc2cnc[nH]2)C(N)=O)[C@@H](C)O)NC(=O)[C@H](CCC(N)=O)NC(=O)C(CCCCN)NC(=O)[C@H](CCCNC(=N)N)NC(=O)CNC(=O)[C@H](CCCNC(=N)N)NC(=O)[C@H](CCCCN)NC1=O. The van der Waals surface area contributed by atoms with E-state index in [1.165, 1.54) is 29.9 Å². The fourth-order valence-corrected chi connectivity index (χ4v) is 16.8. The number of primary amides is 3. The highest BCUT2D eigenvalue weighted by molar-refractivity contribution is 8.76. The Morgan fingerprint density at radius 3 is 1.61 bits per heavy atom. The fraction of sp³-hybridized carbons (Fsp3) is 0.580. The van der Waals surface area contributed by atoms with Gasteiger partial charge in [-0.25, -0.2) is 9.97 Å². The molecule has 738 valence electrons. The standard InChI is InChI=1S/C81H128N32O19S2/c1-42(114)65(78(131)109-58(32-46-36-93-41-99-46)79(132)113-29-13-21-61(113)77(130)107-55(66(87)119)31-45-35-92-40-98-45)112-72(125)53(18-7-10-26-84)105-75(128)59-38-133-134-39-60(111-73(126)56(30-44-34-96-48-15-4-3-14-47(44)48)108-74(127)57(33-63(86)117)100-43(2)115)76(129)104-52(17-6-9-25-83)69(122)102-49(19-11-27-94-80(88)89)67(120)97-37-64(118)101-50(20-12-28-95-81(90)91)68(121)103-51(16-5-8-24-82)70(123)106-54(71(124)110-59)22-23-62(85)116/h3-4,14-15,34-36,40-42,49-61,65,96,114H,5-13,16-33,37-39,82-84H2,1-2H3,(H2,85,116)(H2,86,117)(H2,87,119)(H,92,98)(H,93,99)(H,97,120)(H,100,115)(H,101,118)(H,102,122)(H,103,121)(H,104,129)(H,105,128)(H,106,123)(H,107,130)(H,108,127)(H,109,131)(H,110,124)(H,111,126)(H,112,125)(H4,88,89,94)(H4,90,91,95)/t42-,49+,50+,51?,52+,53+,54+,55+,56?,57+,58+,59?,60?,61+,65+/m1/s1. The minimum Gasteiger partial charge on any atom is -0.391 e. The number of H-pyrrole nitrogens is 3. The van der Waals surface area contributed by atoms with Gasteiger partial charge in [-0.15, -0.1) is 0 Å². The summed E-state index contributed by atoms with van der Waals surface area (Å²) >= 11 is 0. The number of rotatable bonds is 47. The normalized spacial score (nSPS) is 20.1. The van der Waals surface area contributed by atoms with Crippen molar-refractivity contribution in [2.75, 3.05) is 57.3 Å². The first kappa shape index (κ1) is 109. The first-order valence-electron chi connectivity index (χ1n) is 43.9. The summed E-state index contributed by atoms with van der Waals surface area (Å²) in [6, 6.07) is -16.1. The Balaban J connectivity index is 1.48. The van der Waals surface area contributed by atoms with Crippen molar-refractivity contribution in [1.29, 1.82) is 10.8 Å². The Bertz CT molecular complexity index is 4640. The van der Waals surface area contributed by atoms with Gasteiger partial charge >= 0.3 is 0 Å². The molecule has 51 nitrogen and oxygen atoms in total. The maximum Gasteiger partial charge on any atom is 0.246 e. The number of fused-ring (bicyclic) bond motifs is 1. The molecule has 53 heteroatoms. The topological polar surface area (TPSA) is 852 Å². The molecular weight excluding hydrogens is 1790 g/mol. The second kappa shape index (κ2) is 57.2. The smallest absolute Gasteiger partial charge is 0.246 e. The summed E-state index contributed by atoms with van der Waals surface area (Å²) in [5, 5.41) is 68.5. The summed E-state index contributed by atoms with van der Waals surface area (Å²) in [5.74, 6) is -20.4. The fourth-order valence-electron chi connectivity index (χ4n) is 14.5. The Morgan fingerprint density at radius 2 is 1.06 bits per heavy atom. The molecule has 134 heavy (non-hydrogen) atoms. The summed E-state index contributed by atoms with van der Waals surface area (Å²) in [7, 11) is 1.47. The van der Waals surface area contributed by atoms with Gasteiger partial charge in [0.05, 0.1) is 31.7 Å². The number of aliphatic hydroxyl groups is 1. The Kier molecular flexibility index (Phi) is 46.7. The number of carbonyl (C=O) groups excluding carboxylic acids is 18. The van der Waals surface area contributed by atoms with E-state index in [1.54, 1.807) is 30.5 Å². The van der Waals surface area contributed by atoms with Crippen LogP contribution in [0.5, 0.6) is 0 Å². The van der Waals surface area contributed by atoms with Gasteiger partial charge in [-0.3, -0.25) is 97.1 Å². The number of amides is 18. The number of hydrogen-bond acceptors (Lipinski definition) is 28. The van der Waals surface area contributed by atoms with Crippen molar-refractivity contribution >= 4 is 151 Å². The van der Waals surface area contributed by atoms with Crippen LogP contribution in [-0.2, 0) is 106 Å². The van der Waals surface area contributed by atoms with Crippen molar-refractivity contribution in [3.8, 4) is 0 Å². The van der Waals surface area contributed by atoms with Crippen LogP contribution in [0.4, 0.5) is 0 Å². The zero-order chi connectivity index (χ0) is 98.5. The molecule has 1 aromatic carbocycles. The van der Waals surface area contributed by atoms with Crippen LogP contribution in [0.25, 0.3) is 10.9 Å². The van der Waals surface area contributed by atoms with Gasteiger partial charge in [-0.1, -0.05) is 39.8 Å². The van der Waals surface area contributed by atoms with Crippen LogP contribution in [0.15, 0.2) is 55.5 Å². The zero-order valence-electron chi connectivity index (χ0n) is 74.6. The number of aromatic amines is 3. The predicted octanol–water partition coefficient (Wildman–Crippen LogP) is -9.61. The van der Waals surface area contributed by atoms with Crippen LogP contribution in [-0.4, -0.2) is 301 Å². The number of para-hydroxylation sites is 1. The Labute approximate surface area is 779 Å². The van der Waals surface area contributed by atoms with E-state index in [4.69, 9.17) is 56.7 Å². The number of imidazole rings is 2. The first-order chi connectivity index (χ1) is 63.9. The van der Waals surface area contributed by atoms with E-state index < -0.39 is 246 Å². The molecule has 0 saturated carbocycles. The van der Waals surface area contributed by atoms with Crippen LogP contribution < -0.4 is 131 Å². The van der Waals surface area contributed by atoms with Gasteiger partial charge in [-0.2, -0.15) is 0 Å². The lowest BCUT2D eigenvalue weighted by Crippen LogP contribution is -2.62. The number of aromatic nitrogens is 5. The lowest BCUT2D eigenvalue weighted by molar-refractivity contribution is -0.143. The largest absolute Gasteiger partial charge is 0.391 e. The van der Waals surface area contributed by atoms with Gasteiger partial charge < -0.3 is 156 Å². The molecule has 6 rings (SSSR count). The van der Waals surface area contributed by atoms with E-state index in [0.29, 0.717) is 34.3 Å². The van der Waals surface area contributed by atoms with Crippen molar-refractivity contribution in [3.63, 3.8) is 0 Å². The third kappa shape index (κ3) is 37.8. The number of hydrogen-bond donors (Lipinski definition) is 30. The summed E-state index contributed by atoms with van der Waals surface area (Å²) < 4.78 is 0. The molecule has 38 N–H and O–H groups in total. The van der Waals surface area contributed by atoms with E-state index in [0.717, 1.165) is 35.4 Å². The molecule has 18 amide bonds. The van der Waals surface area contributed by atoms with Crippen LogP contribution >= 0.6 is 21.6 Å². The van der Waals surface area contributed by atoms with Crippen molar-refractivity contribution < 1.29 is 91.4 Å². The highest BCUT2D eigenvalue weighted by atomic mass is 33.1. The van der Waals surface area contributed by atoms with Crippen molar-refractivity contribution in [2.45, 2.75) is 239 Å². The first-order valence-corrected chi connectivity index (χ1v) is 46.4. The molecule has 2 saturated heterocycles. The summed E-state index contributed by atoms with van der Waals surface area (Å²) in [5.41, 5.74) is 47.6. The molecule has 2 fully saturated rings. The van der Waals surface area contributed by atoms with Crippen LogP contribution in [0.1, 0.15) is 146 Å². The molecule has 4 aromatic rings. The van der Waals surface area contributed by atoms with E-state index >= 15 is 24.0 Å². The van der Waals surface area contributed by atoms with Gasteiger partial charge in [0.25, 0.3) is 0 Å². The molecular formula is C81H128N32O19S2. The number of carbonyl (C=O) groups is 18. The molecule has 0 bridgehead atoms. The number of nitrogens with one attached hydrogen (secondary N) is 21. The summed E-state index contributed by atoms with van der Waals surface area (Å²) in [6.45, 7) is 1.49. The number of likely N-dealkylation sites (tertiary alicyclic amines) is 1. The summed E-state index contributed by atoms with van der Waals surface area (Å²) in [4.78, 5) is 276. The van der Waals surface area contributed by atoms with Crippen LogP contribution in [0.3, 0.4) is 0 Å². The molecule has 4 unspecified atom stereocenters. The number of nitrogens with two attached hydrogens (primary N) is 8. The van der Waals surface area contributed by atoms with Gasteiger partial charge in [0.15, 0.2) is 11.9 Å². The molecule has 3 aromatic heterocycles. The zero-order valence-corrected chi connectivity index (χ0v) is 76.3. The molecule has 2 aliphatic rings. The molecule has 5 heterocycles. The van der Waals surface area contributed by atoms with Gasteiger partial charge in [0.2, 0.25) is 106 Å². The van der Waals surface area contributed by atoms with Crippen LogP contribution in [0, 0.1) is 10.8 Å². The highest BCUT2D eigenvalue weighted by Gasteiger charge is 2.43. The minimum absolute atomic E-state index is 0.00749. The van der Waals surface area contributed by atoms with E-state index in [9.17, 15) is 67.4 Å². The lowest BCUT2D eigenvalue weighted by Gasteiger charge is -2.31. The van der Waals surface area contributed by atoms with Crippen molar-refractivity contribution in [2.24, 2.45) is 45.9 Å². The predicted molar refractivity (Wildman–Crippen MR) is 490 cm³/mol. The van der Waals surface area contributed by atoms with Crippen molar-refractivity contribution in [3.05, 3.63) is 72.5 Å². The number of aliphatic hydroxyl groups excluding tert-OH is 1. The Morgan fingerprint density at radius 1 is 0.537 bits per heavy atom. The summed E-state index contributed by atoms with van der Waals surface area (Å²) in [6.07, 6.45) is 2.93. The third-order valence-electron chi connectivity index (χ3n) is 21.5. The van der Waals surface area contributed by atoms with Gasteiger partial charge in [0.1, 0.15) is 84.6 Å². The molecule has 15 atom stereocenters. The minimum atomic E-state index is -1.95. The second-order valence-electron chi connectivity index (χ2n) is 32.2. The maximum atomic E-state index is 15.6. The van der Waals surface area contributed by atoms with E-state index in [-0.39, 0.29) is 148 Å². The number of unbranched alkanes of at least 4 members (excludes halogenated alkanes) is 3. The molecule has 0 radical (unpaired) electrons. The third-order valence-corrected chi connectivity index (χ3v) is 23.9. The van der Waals surface area contributed by atoms with E-state index in [2.05, 4.69) is 110 Å². The van der Waals surface area contributed by atoms with E-state index in [1.807, 2.05) is 0 Å². The lowest BCUT2D eigenvalue weighted by atomic mass is 10.0. The molecule has 0 spiro atoms. The maximum absolute atomic E-state index is 15.6. The molecule has 2 aliphatic heterocycles. The average molecular weight is 1920 g/mol. The Hall–Kier alpha value is -13.3. The monoisotopic (exact) mass is 1920 g/mol. The quantitative estimate of drug-likeness (QED) is 0.00845. The van der Waals surface area contributed by atoms with Crippen molar-refractivity contribution in [1.82, 2.24) is 115 Å². The van der Waals surface area contributed by atoms with Gasteiger partial charge in [-0.05, 0) is 141 Å². The number of nitrogens with zero attached hydrogens (tertiary/aromatic N) is 3. The molecule has 0 aliphatic carbocycles. The average Bonchev–Trinajstić information content (AvgIpc) is 1.67.